The summed E-state index contributed by atoms with van der Waals surface area (Å²) < 4.78 is 6.38. The Hall–Kier alpha value is -3.16. The van der Waals surface area contributed by atoms with Crippen molar-refractivity contribution >= 4 is 23.5 Å². The molecule has 41 heavy (non-hydrogen) atoms. The molecule has 5 rings (SSSR count). The first-order valence-electron chi connectivity index (χ1n) is 14.8. The number of nitrogens with zero attached hydrogens (tertiary/aromatic N) is 5. The van der Waals surface area contributed by atoms with Gasteiger partial charge < -0.3 is 14.5 Å². The van der Waals surface area contributed by atoms with Crippen LogP contribution in [0.4, 0.5) is 5.95 Å². The molecule has 0 saturated carbocycles. The molecule has 8 heteroatoms. The number of benzene rings is 2. The molecule has 0 radical (unpaired) electrons. The molecule has 1 amide bonds. The molecule has 0 bridgehead atoms. The number of carbonyl (C=O) groups is 1. The fourth-order valence-corrected chi connectivity index (χ4v) is 6.17. The molecule has 2 aromatic carbocycles. The third kappa shape index (κ3) is 7.98. The maximum absolute atomic E-state index is 13.6. The van der Waals surface area contributed by atoms with Gasteiger partial charge in [-0.05, 0) is 74.9 Å². The second-order valence-electron chi connectivity index (χ2n) is 11.9. The Balaban J connectivity index is 1.28. The predicted octanol–water partition coefficient (Wildman–Crippen LogP) is 6.14. The smallest absolute Gasteiger partial charge is 0.225 e. The average molecular weight is 576 g/mol. The Morgan fingerprint density at radius 2 is 1.76 bits per heavy atom. The number of likely N-dealkylation sites (tertiary alicyclic amines) is 1. The van der Waals surface area contributed by atoms with Crippen molar-refractivity contribution in [2.75, 3.05) is 44.7 Å². The monoisotopic (exact) mass is 575 g/mol. The van der Waals surface area contributed by atoms with Gasteiger partial charge in [-0.25, -0.2) is 9.97 Å². The fourth-order valence-electron chi connectivity index (χ4n) is 6.05. The molecule has 0 spiro atoms. The third-order valence-electron chi connectivity index (χ3n) is 8.37. The molecule has 7 nitrogen and oxygen atoms in total. The van der Waals surface area contributed by atoms with Crippen molar-refractivity contribution in [3.05, 3.63) is 82.6 Å². The molecule has 0 N–H and O–H groups in total. The first-order chi connectivity index (χ1) is 19.9. The highest BCUT2D eigenvalue weighted by Crippen LogP contribution is 2.36. The summed E-state index contributed by atoms with van der Waals surface area (Å²) in [7, 11) is 1.90. The van der Waals surface area contributed by atoms with Gasteiger partial charge in [-0.2, -0.15) is 0 Å². The van der Waals surface area contributed by atoms with Crippen molar-refractivity contribution in [2.24, 2.45) is 5.41 Å². The first-order valence-corrected chi connectivity index (χ1v) is 15.2. The third-order valence-corrected chi connectivity index (χ3v) is 8.79. The van der Waals surface area contributed by atoms with E-state index in [1.165, 1.54) is 19.3 Å². The Kier molecular flexibility index (Phi) is 9.78. The summed E-state index contributed by atoms with van der Waals surface area (Å²) in [6, 6.07) is 15.9. The lowest BCUT2D eigenvalue weighted by Gasteiger charge is -2.43. The number of hydrogen-bond acceptors (Lipinski definition) is 6. The van der Waals surface area contributed by atoms with E-state index in [0.717, 1.165) is 79.0 Å². The Bertz CT molecular complexity index is 1280. The van der Waals surface area contributed by atoms with E-state index in [-0.39, 0.29) is 11.3 Å². The molecule has 0 aliphatic carbocycles. The van der Waals surface area contributed by atoms with E-state index in [2.05, 4.69) is 21.9 Å². The molecule has 3 aromatic rings. The van der Waals surface area contributed by atoms with Crippen LogP contribution in [-0.4, -0.2) is 65.5 Å². The molecule has 2 fully saturated rings. The largest absolute Gasteiger partial charge is 0.493 e. The summed E-state index contributed by atoms with van der Waals surface area (Å²) in [6.07, 6.45) is 10.0. The van der Waals surface area contributed by atoms with Crippen LogP contribution in [0.15, 0.2) is 60.9 Å². The zero-order chi connectivity index (χ0) is 28.7. The summed E-state index contributed by atoms with van der Waals surface area (Å²) in [5.41, 5.74) is 2.91. The Labute approximate surface area is 249 Å². The number of rotatable bonds is 10. The van der Waals surface area contributed by atoms with E-state index < -0.39 is 0 Å². The number of hydrogen-bond donors (Lipinski definition) is 0. The van der Waals surface area contributed by atoms with Crippen molar-refractivity contribution in [1.29, 1.82) is 0 Å². The van der Waals surface area contributed by atoms with Gasteiger partial charge in [0.05, 0.1) is 6.61 Å². The minimum atomic E-state index is -0.303. The lowest BCUT2D eigenvalue weighted by Crippen LogP contribution is -2.48. The molecule has 3 heterocycles. The van der Waals surface area contributed by atoms with E-state index in [1.807, 2.05) is 67.7 Å². The molecule has 0 unspecified atom stereocenters. The van der Waals surface area contributed by atoms with Crippen LogP contribution in [-0.2, 0) is 17.9 Å². The summed E-state index contributed by atoms with van der Waals surface area (Å²) in [6.45, 7) is 7.63. The van der Waals surface area contributed by atoms with Gasteiger partial charge in [0.25, 0.3) is 0 Å². The van der Waals surface area contributed by atoms with E-state index in [4.69, 9.17) is 26.3 Å². The normalized spacial score (nSPS) is 19.6. The SMILES string of the molecule is Cc1cc(OC[C@]2(CC(=O)N(C)Cc3ccccc3)CCCN(Cc3cnc(N4CCCCC4)nc3)C2)ccc1Cl. The fraction of sp³-hybridized carbons (Fsp3) is 0.485. The number of ether oxygens (including phenoxy) is 1. The second-order valence-corrected chi connectivity index (χ2v) is 12.3. The van der Waals surface area contributed by atoms with Gasteiger partial charge in [0.15, 0.2) is 0 Å². The standard InChI is InChI=1S/C33H42ClN5O2/c1-26-18-29(12-13-30(26)34)41-25-33(19-31(40)37(2)22-27-10-5-3-6-11-27)14-9-15-38(24-33)23-28-20-35-32(36-21-28)39-16-7-4-8-17-39/h3,5-6,10-13,18,20-21H,4,7-9,14-17,19,22-25H2,1-2H3/t33-/m0/s1. The summed E-state index contributed by atoms with van der Waals surface area (Å²) in [5, 5.41) is 0.724. The predicted molar refractivity (Wildman–Crippen MR) is 164 cm³/mol. The van der Waals surface area contributed by atoms with Crippen LogP contribution < -0.4 is 9.64 Å². The van der Waals surface area contributed by atoms with Crippen molar-refractivity contribution in [1.82, 2.24) is 19.8 Å². The van der Waals surface area contributed by atoms with Crippen LogP contribution in [0.5, 0.6) is 5.75 Å². The van der Waals surface area contributed by atoms with Gasteiger partial charge in [-0.3, -0.25) is 9.69 Å². The Morgan fingerprint density at radius 1 is 1.00 bits per heavy atom. The van der Waals surface area contributed by atoms with Gasteiger partial charge in [0.2, 0.25) is 11.9 Å². The highest BCUT2D eigenvalue weighted by Gasteiger charge is 2.39. The molecular formula is C33H42ClN5O2. The second kappa shape index (κ2) is 13.7. The summed E-state index contributed by atoms with van der Waals surface area (Å²) in [4.78, 5) is 29.6. The average Bonchev–Trinajstić information content (AvgIpc) is 2.99. The molecule has 2 aliphatic rings. The number of amides is 1. The maximum atomic E-state index is 13.6. The number of halogens is 1. The van der Waals surface area contributed by atoms with E-state index in [0.29, 0.717) is 19.6 Å². The lowest BCUT2D eigenvalue weighted by atomic mass is 9.77. The number of aryl methyl sites for hydroxylation is 1. The highest BCUT2D eigenvalue weighted by molar-refractivity contribution is 6.31. The van der Waals surface area contributed by atoms with Gasteiger partial charge in [-0.15, -0.1) is 0 Å². The number of piperidine rings is 2. The lowest BCUT2D eigenvalue weighted by molar-refractivity contribution is -0.135. The van der Waals surface area contributed by atoms with Crippen LogP contribution in [0, 0.1) is 12.3 Å². The quantitative estimate of drug-likeness (QED) is 0.289. The van der Waals surface area contributed by atoms with Crippen molar-refractivity contribution < 1.29 is 9.53 Å². The van der Waals surface area contributed by atoms with E-state index >= 15 is 0 Å². The zero-order valence-corrected chi connectivity index (χ0v) is 25.2. The molecule has 2 saturated heterocycles. The van der Waals surface area contributed by atoms with Crippen molar-refractivity contribution in [3.8, 4) is 5.75 Å². The first kappa shape index (κ1) is 29.3. The minimum absolute atomic E-state index is 0.140. The zero-order valence-electron chi connectivity index (χ0n) is 24.4. The molecule has 218 valence electrons. The van der Waals surface area contributed by atoms with Crippen LogP contribution in [0.3, 0.4) is 0 Å². The Morgan fingerprint density at radius 3 is 2.49 bits per heavy atom. The molecule has 2 aliphatic heterocycles. The van der Waals surface area contributed by atoms with E-state index in [1.54, 1.807) is 0 Å². The number of aromatic nitrogens is 2. The van der Waals surface area contributed by atoms with Crippen molar-refractivity contribution in [3.63, 3.8) is 0 Å². The van der Waals surface area contributed by atoms with Crippen LogP contribution >= 0.6 is 11.6 Å². The van der Waals surface area contributed by atoms with Crippen LogP contribution in [0.25, 0.3) is 0 Å². The molecule has 1 atom stereocenters. The minimum Gasteiger partial charge on any atom is -0.493 e. The maximum Gasteiger partial charge on any atom is 0.225 e. The van der Waals surface area contributed by atoms with Gasteiger partial charge >= 0.3 is 0 Å². The molecular weight excluding hydrogens is 534 g/mol. The topological polar surface area (TPSA) is 61.8 Å². The molecule has 1 aromatic heterocycles. The summed E-state index contributed by atoms with van der Waals surface area (Å²) >= 11 is 6.25. The van der Waals surface area contributed by atoms with Crippen LogP contribution in [0.2, 0.25) is 5.02 Å². The van der Waals surface area contributed by atoms with E-state index in [9.17, 15) is 4.79 Å². The highest BCUT2D eigenvalue weighted by atomic mass is 35.5. The van der Waals surface area contributed by atoms with Gasteiger partial charge in [0.1, 0.15) is 5.75 Å². The van der Waals surface area contributed by atoms with Gasteiger partial charge in [0, 0.05) is 74.6 Å². The van der Waals surface area contributed by atoms with Crippen molar-refractivity contribution in [2.45, 2.75) is 58.5 Å². The summed E-state index contributed by atoms with van der Waals surface area (Å²) in [5.74, 6) is 1.76. The number of carbonyl (C=O) groups excluding carboxylic acids is 1. The number of anilines is 1. The van der Waals surface area contributed by atoms with Crippen LogP contribution in [0.1, 0.15) is 55.2 Å². The van der Waals surface area contributed by atoms with Gasteiger partial charge in [-0.1, -0.05) is 41.9 Å².